The highest BCUT2D eigenvalue weighted by atomic mass is 32.1. The number of thiazole rings is 1. The predicted octanol–water partition coefficient (Wildman–Crippen LogP) is 3.00. The van der Waals surface area contributed by atoms with E-state index in [0.29, 0.717) is 6.04 Å². The number of rotatable bonds is 4. The van der Waals surface area contributed by atoms with E-state index in [2.05, 4.69) is 36.2 Å². The molecule has 1 fully saturated rings. The SMILES string of the molecule is Cc1csc(C(C)N(C)CC2CCC(O)CC2)n1. The van der Waals surface area contributed by atoms with Crippen molar-refractivity contribution >= 4 is 11.3 Å². The molecule has 0 saturated heterocycles. The molecule has 0 amide bonds. The molecule has 1 aromatic rings. The summed E-state index contributed by atoms with van der Waals surface area (Å²) in [6, 6.07) is 0.399. The van der Waals surface area contributed by atoms with Crippen LogP contribution in [0.5, 0.6) is 0 Å². The first kappa shape index (κ1) is 14.0. The first-order valence-electron chi connectivity index (χ1n) is 6.86. The highest BCUT2D eigenvalue weighted by Crippen LogP contribution is 2.28. The third kappa shape index (κ3) is 3.53. The molecule has 1 atom stereocenters. The van der Waals surface area contributed by atoms with Crippen LogP contribution in [0.25, 0.3) is 0 Å². The summed E-state index contributed by atoms with van der Waals surface area (Å²) in [4.78, 5) is 6.98. The van der Waals surface area contributed by atoms with Gasteiger partial charge in [0.1, 0.15) is 5.01 Å². The van der Waals surface area contributed by atoms with Crippen LogP contribution >= 0.6 is 11.3 Å². The Morgan fingerprint density at radius 2 is 2.11 bits per heavy atom. The molecule has 1 heterocycles. The van der Waals surface area contributed by atoms with E-state index in [1.165, 1.54) is 5.01 Å². The van der Waals surface area contributed by atoms with E-state index in [0.717, 1.165) is 43.8 Å². The summed E-state index contributed by atoms with van der Waals surface area (Å²) in [6.45, 7) is 5.40. The van der Waals surface area contributed by atoms with Gasteiger partial charge in [-0.05, 0) is 52.5 Å². The van der Waals surface area contributed by atoms with Gasteiger partial charge in [0, 0.05) is 17.6 Å². The maximum atomic E-state index is 9.53. The molecule has 18 heavy (non-hydrogen) atoms. The zero-order valence-electron chi connectivity index (χ0n) is 11.6. The van der Waals surface area contributed by atoms with Gasteiger partial charge in [-0.25, -0.2) is 4.98 Å². The number of aliphatic hydroxyl groups excluding tert-OH is 1. The number of nitrogens with zero attached hydrogens (tertiary/aromatic N) is 2. The lowest BCUT2D eigenvalue weighted by atomic mass is 9.87. The predicted molar refractivity (Wildman–Crippen MR) is 75.9 cm³/mol. The van der Waals surface area contributed by atoms with Gasteiger partial charge in [-0.2, -0.15) is 0 Å². The Bertz CT molecular complexity index is 372. The molecule has 0 bridgehead atoms. The number of hydrogen-bond acceptors (Lipinski definition) is 4. The smallest absolute Gasteiger partial charge is 0.110 e. The van der Waals surface area contributed by atoms with Crippen LogP contribution in [0.15, 0.2) is 5.38 Å². The third-order valence-electron chi connectivity index (χ3n) is 4.02. The first-order chi connectivity index (χ1) is 8.56. The molecule has 102 valence electrons. The first-order valence-corrected chi connectivity index (χ1v) is 7.74. The molecule has 1 saturated carbocycles. The van der Waals surface area contributed by atoms with Crippen LogP contribution in [0.2, 0.25) is 0 Å². The van der Waals surface area contributed by atoms with E-state index >= 15 is 0 Å². The zero-order valence-corrected chi connectivity index (χ0v) is 12.4. The van der Waals surface area contributed by atoms with Crippen molar-refractivity contribution < 1.29 is 5.11 Å². The van der Waals surface area contributed by atoms with E-state index in [4.69, 9.17) is 0 Å². The second-order valence-corrected chi connectivity index (χ2v) is 6.51. The van der Waals surface area contributed by atoms with Crippen LogP contribution in [0, 0.1) is 12.8 Å². The van der Waals surface area contributed by atoms with Gasteiger partial charge >= 0.3 is 0 Å². The number of aromatic nitrogens is 1. The molecule has 1 aliphatic carbocycles. The van der Waals surface area contributed by atoms with Gasteiger partial charge in [0.15, 0.2) is 0 Å². The van der Waals surface area contributed by atoms with Crippen molar-refractivity contribution in [2.45, 2.75) is 51.7 Å². The molecule has 0 aliphatic heterocycles. The van der Waals surface area contributed by atoms with Crippen molar-refractivity contribution in [1.29, 1.82) is 0 Å². The van der Waals surface area contributed by atoms with Crippen molar-refractivity contribution in [3.8, 4) is 0 Å². The lowest BCUT2D eigenvalue weighted by molar-refractivity contribution is 0.0922. The van der Waals surface area contributed by atoms with E-state index in [1.807, 2.05) is 0 Å². The topological polar surface area (TPSA) is 36.4 Å². The van der Waals surface area contributed by atoms with Gasteiger partial charge in [-0.1, -0.05) is 0 Å². The molecular weight excluding hydrogens is 244 g/mol. The van der Waals surface area contributed by atoms with Crippen LogP contribution in [0.4, 0.5) is 0 Å². The van der Waals surface area contributed by atoms with Crippen molar-refractivity contribution in [3.63, 3.8) is 0 Å². The molecule has 1 unspecified atom stereocenters. The Morgan fingerprint density at radius 1 is 1.44 bits per heavy atom. The summed E-state index contributed by atoms with van der Waals surface area (Å²) in [7, 11) is 2.19. The Labute approximate surface area is 114 Å². The minimum absolute atomic E-state index is 0.0504. The van der Waals surface area contributed by atoms with Crippen LogP contribution in [0.3, 0.4) is 0 Å². The highest BCUT2D eigenvalue weighted by Gasteiger charge is 2.23. The molecule has 1 aromatic heterocycles. The van der Waals surface area contributed by atoms with Crippen molar-refractivity contribution in [2.75, 3.05) is 13.6 Å². The standard InChI is InChI=1S/C14H24N2OS/c1-10-9-18-14(15-10)11(2)16(3)8-12-4-6-13(17)7-5-12/h9,11-13,17H,4-8H2,1-3H3. The van der Waals surface area contributed by atoms with Gasteiger partial charge in [-0.15, -0.1) is 11.3 Å². The van der Waals surface area contributed by atoms with Crippen LogP contribution in [0.1, 0.15) is 49.4 Å². The van der Waals surface area contributed by atoms with E-state index in [1.54, 1.807) is 11.3 Å². The van der Waals surface area contributed by atoms with Gasteiger partial charge in [-0.3, -0.25) is 4.90 Å². The number of hydrogen-bond donors (Lipinski definition) is 1. The summed E-state index contributed by atoms with van der Waals surface area (Å²) >= 11 is 1.76. The summed E-state index contributed by atoms with van der Waals surface area (Å²) in [5.41, 5.74) is 1.12. The Kier molecular flexibility index (Phi) is 4.76. The summed E-state index contributed by atoms with van der Waals surface area (Å²) in [5, 5.41) is 12.9. The van der Waals surface area contributed by atoms with E-state index < -0.39 is 0 Å². The molecule has 2 rings (SSSR count). The fourth-order valence-electron chi connectivity index (χ4n) is 2.65. The number of aliphatic hydroxyl groups is 1. The third-order valence-corrected chi connectivity index (χ3v) is 5.15. The molecular formula is C14H24N2OS. The van der Waals surface area contributed by atoms with E-state index in [-0.39, 0.29) is 6.10 Å². The maximum absolute atomic E-state index is 9.53. The number of aryl methyl sites for hydroxylation is 1. The van der Waals surface area contributed by atoms with Crippen LogP contribution < -0.4 is 0 Å². The molecule has 4 heteroatoms. The minimum Gasteiger partial charge on any atom is -0.393 e. The lowest BCUT2D eigenvalue weighted by Gasteiger charge is -2.31. The Balaban J connectivity index is 1.85. The minimum atomic E-state index is -0.0504. The molecule has 3 nitrogen and oxygen atoms in total. The van der Waals surface area contributed by atoms with Crippen molar-refractivity contribution in [2.24, 2.45) is 5.92 Å². The Morgan fingerprint density at radius 3 is 2.67 bits per heavy atom. The van der Waals surface area contributed by atoms with E-state index in [9.17, 15) is 5.11 Å². The average molecular weight is 268 g/mol. The second kappa shape index (κ2) is 6.13. The fourth-order valence-corrected chi connectivity index (χ4v) is 3.56. The van der Waals surface area contributed by atoms with Crippen molar-refractivity contribution in [3.05, 3.63) is 16.1 Å². The van der Waals surface area contributed by atoms with Gasteiger partial charge < -0.3 is 5.11 Å². The molecule has 0 aromatic carbocycles. The Hall–Kier alpha value is -0.450. The normalized spacial score (nSPS) is 26.5. The largest absolute Gasteiger partial charge is 0.393 e. The summed E-state index contributed by atoms with van der Waals surface area (Å²) < 4.78 is 0. The monoisotopic (exact) mass is 268 g/mol. The fraction of sp³-hybridized carbons (Fsp3) is 0.786. The second-order valence-electron chi connectivity index (χ2n) is 5.62. The molecule has 0 radical (unpaired) electrons. The lowest BCUT2D eigenvalue weighted by Crippen LogP contribution is -2.31. The average Bonchev–Trinajstić information content (AvgIpc) is 2.78. The van der Waals surface area contributed by atoms with Gasteiger partial charge in [0.05, 0.1) is 12.1 Å². The zero-order chi connectivity index (χ0) is 13.1. The molecule has 1 N–H and O–H groups in total. The van der Waals surface area contributed by atoms with Crippen LogP contribution in [-0.4, -0.2) is 34.7 Å². The maximum Gasteiger partial charge on any atom is 0.110 e. The summed E-state index contributed by atoms with van der Waals surface area (Å²) in [6.07, 6.45) is 4.22. The van der Waals surface area contributed by atoms with Crippen LogP contribution in [-0.2, 0) is 0 Å². The summed E-state index contributed by atoms with van der Waals surface area (Å²) in [5.74, 6) is 0.738. The molecule has 1 aliphatic rings. The van der Waals surface area contributed by atoms with Crippen molar-refractivity contribution in [1.82, 2.24) is 9.88 Å². The quantitative estimate of drug-likeness (QED) is 0.912. The molecule has 0 spiro atoms. The van der Waals surface area contributed by atoms with Gasteiger partial charge in [0.25, 0.3) is 0 Å². The highest BCUT2D eigenvalue weighted by molar-refractivity contribution is 7.09. The van der Waals surface area contributed by atoms with Gasteiger partial charge in [0.2, 0.25) is 0 Å².